The summed E-state index contributed by atoms with van der Waals surface area (Å²) in [6.07, 6.45) is 2.19. The third-order valence-electron chi connectivity index (χ3n) is 4.52. The van der Waals surface area contributed by atoms with Gasteiger partial charge in [0.15, 0.2) is 0 Å². The van der Waals surface area contributed by atoms with Gasteiger partial charge in [0.25, 0.3) is 5.91 Å². The van der Waals surface area contributed by atoms with Crippen molar-refractivity contribution in [1.29, 1.82) is 5.26 Å². The highest BCUT2D eigenvalue weighted by atomic mass is 16.5. The molecule has 0 saturated heterocycles. The van der Waals surface area contributed by atoms with Gasteiger partial charge in [0.1, 0.15) is 11.8 Å². The van der Waals surface area contributed by atoms with Crippen molar-refractivity contribution < 1.29 is 14.5 Å². The molecule has 24 heavy (non-hydrogen) atoms. The van der Waals surface area contributed by atoms with E-state index in [1.165, 1.54) is 6.20 Å². The van der Waals surface area contributed by atoms with Crippen LogP contribution in [0.1, 0.15) is 32.7 Å². The Morgan fingerprint density at radius 1 is 1.38 bits per heavy atom. The van der Waals surface area contributed by atoms with Gasteiger partial charge in [-0.05, 0) is 34.6 Å². The normalized spacial score (nSPS) is 15.9. The highest BCUT2D eigenvalue weighted by molar-refractivity contribution is 6.61. The Morgan fingerprint density at radius 2 is 2.25 bits per heavy atom. The van der Waals surface area contributed by atoms with Crippen molar-refractivity contribution in [1.82, 2.24) is 9.88 Å². The molecule has 2 aromatic rings. The fraction of sp³-hybridized carbons (Fsp3) is 0.235. The molecule has 0 spiro atoms. The minimum absolute atomic E-state index is 0.0782. The largest absolute Gasteiger partial charge is 0.491 e. The molecule has 6 nitrogen and oxygen atoms in total. The average molecular weight is 319 g/mol. The summed E-state index contributed by atoms with van der Waals surface area (Å²) in [6, 6.07) is 9.48. The van der Waals surface area contributed by atoms with Crippen molar-refractivity contribution in [2.45, 2.75) is 19.6 Å². The number of nitrogens with zero attached hydrogens (tertiary/aromatic N) is 3. The van der Waals surface area contributed by atoms with Crippen molar-refractivity contribution in [2.75, 3.05) is 6.54 Å². The standard InChI is InChI=1S/C17H14BN3O3/c19-7-14-6-12-3-4-21(17(22)15(12)8-20-14)9-11-1-2-13-10-24-18(23)16(13)5-11/h1-2,5-6,8,23H,3-4,9-10H2. The van der Waals surface area contributed by atoms with Gasteiger partial charge in [-0.25, -0.2) is 4.98 Å². The van der Waals surface area contributed by atoms with E-state index in [1.807, 2.05) is 24.3 Å². The smallest absolute Gasteiger partial charge is 0.423 e. The van der Waals surface area contributed by atoms with Crippen LogP contribution in [0.2, 0.25) is 0 Å². The topological polar surface area (TPSA) is 86.5 Å². The Balaban J connectivity index is 1.57. The van der Waals surface area contributed by atoms with Gasteiger partial charge in [-0.15, -0.1) is 0 Å². The monoisotopic (exact) mass is 319 g/mol. The van der Waals surface area contributed by atoms with E-state index in [0.29, 0.717) is 37.4 Å². The van der Waals surface area contributed by atoms with Crippen LogP contribution in [-0.2, 0) is 24.2 Å². The lowest BCUT2D eigenvalue weighted by molar-refractivity contribution is 0.0726. The molecule has 3 heterocycles. The minimum Gasteiger partial charge on any atom is -0.423 e. The van der Waals surface area contributed by atoms with E-state index in [-0.39, 0.29) is 5.91 Å². The first-order chi connectivity index (χ1) is 11.7. The van der Waals surface area contributed by atoms with Gasteiger partial charge in [0.2, 0.25) is 0 Å². The Bertz CT molecular complexity index is 878. The van der Waals surface area contributed by atoms with Crippen molar-refractivity contribution >= 4 is 18.5 Å². The lowest BCUT2D eigenvalue weighted by Gasteiger charge is -2.28. The zero-order valence-electron chi connectivity index (χ0n) is 12.9. The predicted molar refractivity (Wildman–Crippen MR) is 86.2 cm³/mol. The SMILES string of the molecule is N#Cc1cc2c(cn1)C(=O)N(Cc1ccc3c(c1)B(O)OC3)CC2. The second kappa shape index (κ2) is 5.75. The zero-order chi connectivity index (χ0) is 16.7. The summed E-state index contributed by atoms with van der Waals surface area (Å²) in [5.74, 6) is -0.0782. The fourth-order valence-electron chi connectivity index (χ4n) is 3.22. The number of fused-ring (bicyclic) bond motifs is 2. The summed E-state index contributed by atoms with van der Waals surface area (Å²) < 4.78 is 5.20. The number of hydrogen-bond acceptors (Lipinski definition) is 5. The number of carbonyl (C=O) groups is 1. The molecule has 0 atom stereocenters. The van der Waals surface area contributed by atoms with Crippen LogP contribution in [0.3, 0.4) is 0 Å². The van der Waals surface area contributed by atoms with Crippen LogP contribution in [0, 0.1) is 11.3 Å². The van der Waals surface area contributed by atoms with Crippen molar-refractivity contribution in [3.63, 3.8) is 0 Å². The van der Waals surface area contributed by atoms with Crippen molar-refractivity contribution in [2.24, 2.45) is 0 Å². The zero-order valence-corrected chi connectivity index (χ0v) is 12.9. The van der Waals surface area contributed by atoms with E-state index >= 15 is 0 Å². The molecule has 1 aromatic heterocycles. The molecule has 1 N–H and O–H groups in total. The number of benzene rings is 1. The van der Waals surface area contributed by atoms with Crippen LogP contribution in [0.25, 0.3) is 0 Å². The van der Waals surface area contributed by atoms with Gasteiger partial charge in [0, 0.05) is 19.3 Å². The molecule has 4 rings (SSSR count). The van der Waals surface area contributed by atoms with E-state index in [2.05, 4.69) is 4.98 Å². The third-order valence-corrected chi connectivity index (χ3v) is 4.52. The van der Waals surface area contributed by atoms with Crippen LogP contribution in [0.4, 0.5) is 0 Å². The number of rotatable bonds is 2. The van der Waals surface area contributed by atoms with E-state index in [4.69, 9.17) is 9.92 Å². The first-order valence-corrected chi connectivity index (χ1v) is 7.75. The molecule has 0 saturated carbocycles. The summed E-state index contributed by atoms with van der Waals surface area (Å²) in [4.78, 5) is 18.4. The highest BCUT2D eigenvalue weighted by Gasteiger charge is 2.29. The lowest BCUT2D eigenvalue weighted by Crippen LogP contribution is -2.37. The second-order valence-electron chi connectivity index (χ2n) is 6.01. The Labute approximate surface area is 139 Å². The number of pyridine rings is 1. The molecule has 0 fully saturated rings. The quantitative estimate of drug-likeness (QED) is 0.808. The number of aromatic nitrogens is 1. The number of amides is 1. The third kappa shape index (κ3) is 2.46. The molecule has 7 heteroatoms. The number of carbonyl (C=O) groups excluding carboxylic acids is 1. The highest BCUT2D eigenvalue weighted by Crippen LogP contribution is 2.21. The molecule has 2 aliphatic heterocycles. The van der Waals surface area contributed by atoms with Crippen LogP contribution in [-0.4, -0.2) is 34.5 Å². The molecule has 0 unspecified atom stereocenters. The molecule has 0 aliphatic carbocycles. The van der Waals surface area contributed by atoms with Crippen LogP contribution >= 0.6 is 0 Å². The molecule has 1 aromatic carbocycles. The van der Waals surface area contributed by atoms with E-state index in [1.54, 1.807) is 11.0 Å². The van der Waals surface area contributed by atoms with Gasteiger partial charge >= 0.3 is 7.12 Å². The van der Waals surface area contributed by atoms with Gasteiger partial charge in [-0.3, -0.25) is 4.79 Å². The van der Waals surface area contributed by atoms with E-state index < -0.39 is 7.12 Å². The number of nitriles is 1. The van der Waals surface area contributed by atoms with Gasteiger partial charge < -0.3 is 14.6 Å². The minimum atomic E-state index is -0.883. The maximum Gasteiger partial charge on any atom is 0.491 e. The number of hydrogen-bond donors (Lipinski definition) is 1. The Hall–Kier alpha value is -2.69. The first-order valence-electron chi connectivity index (χ1n) is 7.75. The summed E-state index contributed by atoms with van der Waals surface area (Å²) in [6.45, 7) is 1.48. The molecular formula is C17H14BN3O3. The predicted octanol–water partition coefficient (Wildman–Crippen LogP) is 0.369. The van der Waals surface area contributed by atoms with Gasteiger partial charge in [-0.2, -0.15) is 5.26 Å². The van der Waals surface area contributed by atoms with Gasteiger partial charge in [-0.1, -0.05) is 18.2 Å². The van der Waals surface area contributed by atoms with Crippen LogP contribution in [0.5, 0.6) is 0 Å². The summed E-state index contributed by atoms with van der Waals surface area (Å²) in [5.41, 5.74) is 4.48. The van der Waals surface area contributed by atoms with Crippen molar-refractivity contribution in [3.8, 4) is 6.07 Å². The lowest BCUT2D eigenvalue weighted by atomic mass is 9.79. The molecule has 118 valence electrons. The van der Waals surface area contributed by atoms with Crippen molar-refractivity contribution in [3.05, 3.63) is 58.4 Å². The van der Waals surface area contributed by atoms with Crippen LogP contribution in [0.15, 0.2) is 30.5 Å². The molecule has 0 bridgehead atoms. The maximum absolute atomic E-state index is 12.6. The summed E-state index contributed by atoms with van der Waals surface area (Å²) in [7, 11) is -0.883. The van der Waals surface area contributed by atoms with E-state index in [0.717, 1.165) is 22.2 Å². The van der Waals surface area contributed by atoms with E-state index in [9.17, 15) is 9.82 Å². The molecule has 1 amide bonds. The Morgan fingerprint density at radius 3 is 3.08 bits per heavy atom. The Kier molecular flexibility index (Phi) is 3.56. The van der Waals surface area contributed by atoms with Crippen LogP contribution < -0.4 is 5.46 Å². The summed E-state index contributed by atoms with van der Waals surface area (Å²) >= 11 is 0. The fourth-order valence-corrected chi connectivity index (χ4v) is 3.22. The average Bonchev–Trinajstić information content (AvgIpc) is 2.98. The summed E-state index contributed by atoms with van der Waals surface area (Å²) in [5, 5.41) is 18.7. The second-order valence-corrected chi connectivity index (χ2v) is 6.01. The first kappa shape index (κ1) is 14.9. The van der Waals surface area contributed by atoms with Gasteiger partial charge in [0.05, 0.1) is 12.2 Å². The molecule has 2 aliphatic rings. The maximum atomic E-state index is 12.6. The molecule has 0 radical (unpaired) electrons. The molecular weight excluding hydrogens is 305 g/mol.